The van der Waals surface area contributed by atoms with Crippen molar-refractivity contribution >= 4 is 41.1 Å². The third-order valence-electron chi connectivity index (χ3n) is 2.77. The highest BCUT2D eigenvalue weighted by Crippen LogP contribution is 2.25. The van der Waals surface area contributed by atoms with E-state index in [0.717, 1.165) is 6.42 Å². The lowest BCUT2D eigenvalue weighted by Crippen LogP contribution is -2.42. The number of hydrogen-bond acceptors (Lipinski definition) is 4. The van der Waals surface area contributed by atoms with Crippen molar-refractivity contribution < 1.29 is 19.1 Å². The second-order valence-electron chi connectivity index (χ2n) is 5.16. The number of hydrogen-bond donors (Lipinski definition) is 2. The predicted molar refractivity (Wildman–Crippen MR) is 87.7 cm³/mol. The van der Waals surface area contributed by atoms with Crippen LogP contribution in [0.2, 0.25) is 10.0 Å². The molecule has 0 saturated carbocycles. The molecule has 126 valence electrons. The number of halogens is 2. The van der Waals surface area contributed by atoms with Gasteiger partial charge in [0.05, 0.1) is 15.6 Å². The minimum Gasteiger partial charge on any atom is -0.452 e. The van der Waals surface area contributed by atoms with Gasteiger partial charge < -0.3 is 10.1 Å². The molecule has 1 aromatic rings. The third-order valence-corrected chi connectivity index (χ3v) is 3.58. The van der Waals surface area contributed by atoms with E-state index in [1.54, 1.807) is 0 Å². The zero-order valence-corrected chi connectivity index (χ0v) is 14.3. The molecule has 0 saturated heterocycles. The van der Waals surface area contributed by atoms with E-state index in [2.05, 4.69) is 10.6 Å². The van der Waals surface area contributed by atoms with Gasteiger partial charge in [0, 0.05) is 6.54 Å². The van der Waals surface area contributed by atoms with Crippen LogP contribution in [0.15, 0.2) is 18.2 Å². The Kier molecular flexibility index (Phi) is 7.85. The van der Waals surface area contributed by atoms with E-state index in [-0.39, 0.29) is 15.6 Å². The first-order chi connectivity index (χ1) is 10.8. The minimum absolute atomic E-state index is 0.0472. The summed E-state index contributed by atoms with van der Waals surface area (Å²) < 4.78 is 4.80. The number of urea groups is 1. The predicted octanol–water partition coefficient (Wildman–Crippen LogP) is 3.02. The second-order valence-corrected chi connectivity index (χ2v) is 5.95. The number of benzene rings is 1. The van der Waals surface area contributed by atoms with E-state index in [9.17, 15) is 14.4 Å². The zero-order chi connectivity index (χ0) is 17.4. The number of imide groups is 1. The van der Waals surface area contributed by atoms with Crippen LogP contribution in [0.25, 0.3) is 0 Å². The van der Waals surface area contributed by atoms with Crippen LogP contribution in [0.5, 0.6) is 0 Å². The van der Waals surface area contributed by atoms with Crippen molar-refractivity contribution in [2.45, 2.75) is 20.3 Å². The molecule has 0 heterocycles. The van der Waals surface area contributed by atoms with Gasteiger partial charge in [0.15, 0.2) is 6.61 Å². The summed E-state index contributed by atoms with van der Waals surface area (Å²) in [4.78, 5) is 34.8. The van der Waals surface area contributed by atoms with Crippen molar-refractivity contribution in [2.24, 2.45) is 5.92 Å². The van der Waals surface area contributed by atoms with Crippen LogP contribution in [0.4, 0.5) is 4.79 Å². The van der Waals surface area contributed by atoms with Crippen molar-refractivity contribution in [3.63, 3.8) is 0 Å². The average Bonchev–Trinajstić information content (AvgIpc) is 2.47. The lowest BCUT2D eigenvalue weighted by molar-refractivity contribution is -0.123. The summed E-state index contributed by atoms with van der Waals surface area (Å²) in [6.07, 6.45) is 0.795. The van der Waals surface area contributed by atoms with Crippen LogP contribution in [0.3, 0.4) is 0 Å². The highest BCUT2D eigenvalue weighted by Gasteiger charge is 2.16. The van der Waals surface area contributed by atoms with Crippen molar-refractivity contribution in [3.05, 3.63) is 33.8 Å². The molecule has 0 radical (unpaired) electrons. The lowest BCUT2D eigenvalue weighted by Gasteiger charge is -2.09. The monoisotopic (exact) mass is 360 g/mol. The zero-order valence-electron chi connectivity index (χ0n) is 12.8. The fraction of sp³-hybridized carbons (Fsp3) is 0.400. The molecule has 0 fully saturated rings. The van der Waals surface area contributed by atoms with Gasteiger partial charge in [0.2, 0.25) is 0 Å². The normalized spacial score (nSPS) is 10.3. The Morgan fingerprint density at radius 1 is 1.22 bits per heavy atom. The minimum atomic E-state index is -0.798. The van der Waals surface area contributed by atoms with Crippen LogP contribution < -0.4 is 10.6 Å². The smallest absolute Gasteiger partial charge is 0.340 e. The molecule has 0 bridgehead atoms. The van der Waals surface area contributed by atoms with E-state index in [1.165, 1.54) is 18.2 Å². The number of esters is 1. The number of carbonyl (C=O) groups excluding carboxylic acids is 3. The molecule has 6 nitrogen and oxygen atoms in total. The molecule has 1 rings (SSSR count). The van der Waals surface area contributed by atoms with Gasteiger partial charge in [-0.2, -0.15) is 0 Å². The number of ether oxygens (including phenoxy) is 1. The number of amides is 3. The van der Waals surface area contributed by atoms with Gasteiger partial charge in [-0.05, 0) is 24.5 Å². The first kappa shape index (κ1) is 19.3. The SMILES string of the molecule is CC(C)CCNC(=O)NC(=O)COC(=O)c1cccc(Cl)c1Cl. The Hall–Kier alpha value is -1.79. The maximum atomic E-state index is 11.8. The molecule has 1 aromatic carbocycles. The molecule has 0 spiro atoms. The molecule has 3 amide bonds. The van der Waals surface area contributed by atoms with Gasteiger partial charge in [-0.15, -0.1) is 0 Å². The molecule has 23 heavy (non-hydrogen) atoms. The molecule has 0 atom stereocenters. The van der Waals surface area contributed by atoms with Crippen LogP contribution in [-0.4, -0.2) is 31.1 Å². The Morgan fingerprint density at radius 2 is 1.91 bits per heavy atom. The first-order valence-corrected chi connectivity index (χ1v) is 7.75. The Bertz CT molecular complexity index is 591. The summed E-state index contributed by atoms with van der Waals surface area (Å²) in [6.45, 7) is 3.89. The Balaban J connectivity index is 2.39. The van der Waals surface area contributed by atoms with E-state index in [0.29, 0.717) is 12.5 Å². The van der Waals surface area contributed by atoms with Crippen LogP contribution in [0.1, 0.15) is 30.6 Å². The van der Waals surface area contributed by atoms with E-state index >= 15 is 0 Å². The molecular weight excluding hydrogens is 343 g/mol. The van der Waals surface area contributed by atoms with E-state index < -0.39 is 24.5 Å². The number of carbonyl (C=O) groups is 3. The maximum Gasteiger partial charge on any atom is 0.340 e. The molecule has 0 aliphatic carbocycles. The quantitative estimate of drug-likeness (QED) is 0.763. The summed E-state index contributed by atoms with van der Waals surface area (Å²) in [5.41, 5.74) is 0.0494. The average molecular weight is 361 g/mol. The largest absolute Gasteiger partial charge is 0.452 e. The second kappa shape index (κ2) is 9.37. The molecule has 0 aliphatic heterocycles. The van der Waals surface area contributed by atoms with Crippen LogP contribution >= 0.6 is 23.2 Å². The summed E-state index contributed by atoms with van der Waals surface area (Å²) >= 11 is 11.7. The van der Waals surface area contributed by atoms with Crippen molar-refractivity contribution in [1.82, 2.24) is 10.6 Å². The van der Waals surface area contributed by atoms with Crippen LogP contribution in [0, 0.1) is 5.92 Å². The van der Waals surface area contributed by atoms with Gasteiger partial charge >= 0.3 is 12.0 Å². The van der Waals surface area contributed by atoms with Gasteiger partial charge in [0.1, 0.15) is 0 Å². The van der Waals surface area contributed by atoms with Gasteiger partial charge in [-0.25, -0.2) is 9.59 Å². The van der Waals surface area contributed by atoms with E-state index in [1.807, 2.05) is 13.8 Å². The highest BCUT2D eigenvalue weighted by atomic mass is 35.5. The Labute approximate surface area is 144 Å². The number of rotatable bonds is 6. The maximum absolute atomic E-state index is 11.8. The summed E-state index contributed by atoms with van der Waals surface area (Å²) in [5, 5.41) is 4.84. The van der Waals surface area contributed by atoms with Gasteiger partial charge in [-0.1, -0.05) is 43.1 Å². The molecule has 0 aromatic heterocycles. The molecular formula is C15H18Cl2N2O4. The number of nitrogens with one attached hydrogen (secondary N) is 2. The Morgan fingerprint density at radius 3 is 2.57 bits per heavy atom. The van der Waals surface area contributed by atoms with Crippen molar-refractivity contribution in [2.75, 3.05) is 13.2 Å². The topological polar surface area (TPSA) is 84.5 Å². The summed E-state index contributed by atoms with van der Waals surface area (Å²) in [7, 11) is 0. The van der Waals surface area contributed by atoms with Crippen molar-refractivity contribution in [1.29, 1.82) is 0 Å². The molecule has 2 N–H and O–H groups in total. The van der Waals surface area contributed by atoms with Gasteiger partial charge in [0.25, 0.3) is 5.91 Å². The van der Waals surface area contributed by atoms with E-state index in [4.69, 9.17) is 27.9 Å². The fourth-order valence-electron chi connectivity index (χ4n) is 1.55. The first-order valence-electron chi connectivity index (χ1n) is 7.00. The highest BCUT2D eigenvalue weighted by molar-refractivity contribution is 6.43. The van der Waals surface area contributed by atoms with Crippen LogP contribution in [-0.2, 0) is 9.53 Å². The standard InChI is InChI=1S/C15H18Cl2N2O4/c1-9(2)6-7-18-15(22)19-12(20)8-23-14(21)10-4-3-5-11(16)13(10)17/h3-5,9H,6-8H2,1-2H3,(H2,18,19,20,22). The fourth-order valence-corrected chi connectivity index (χ4v) is 1.93. The molecule has 0 unspecified atom stereocenters. The third kappa shape index (κ3) is 6.88. The summed E-state index contributed by atoms with van der Waals surface area (Å²) in [6, 6.07) is 3.85. The van der Waals surface area contributed by atoms with Gasteiger partial charge in [-0.3, -0.25) is 10.1 Å². The van der Waals surface area contributed by atoms with Crippen molar-refractivity contribution in [3.8, 4) is 0 Å². The molecule has 0 aliphatic rings. The lowest BCUT2D eigenvalue weighted by atomic mass is 10.1. The summed E-state index contributed by atoms with van der Waals surface area (Å²) in [5.74, 6) is -1.10. The molecule has 8 heteroatoms.